The minimum atomic E-state index is 0.108. The van der Waals surface area contributed by atoms with Crippen molar-refractivity contribution >= 4 is 15.9 Å². The highest BCUT2D eigenvalue weighted by molar-refractivity contribution is 9.10. The highest BCUT2D eigenvalue weighted by atomic mass is 79.9. The summed E-state index contributed by atoms with van der Waals surface area (Å²) in [7, 11) is 1.67. The van der Waals surface area contributed by atoms with Crippen LogP contribution in [0.2, 0.25) is 0 Å². The first-order valence-electron chi connectivity index (χ1n) is 8.14. The second-order valence-electron chi connectivity index (χ2n) is 5.89. The molecule has 1 fully saturated rings. The Bertz CT molecular complexity index is 491. The Morgan fingerprint density at radius 2 is 2.04 bits per heavy atom. The zero-order valence-electron chi connectivity index (χ0n) is 14.2. The van der Waals surface area contributed by atoms with E-state index in [1.54, 1.807) is 7.11 Å². The van der Waals surface area contributed by atoms with Gasteiger partial charge in [-0.1, -0.05) is 15.9 Å². The Morgan fingerprint density at radius 1 is 1.30 bits per heavy atom. The molecule has 1 saturated heterocycles. The van der Waals surface area contributed by atoms with Gasteiger partial charge in [-0.3, -0.25) is 4.90 Å². The summed E-state index contributed by atoms with van der Waals surface area (Å²) in [6, 6.07) is 4.02. The minimum absolute atomic E-state index is 0.108. The predicted octanol–water partition coefficient (Wildman–Crippen LogP) is 2.67. The van der Waals surface area contributed by atoms with Gasteiger partial charge in [-0.05, 0) is 26.0 Å². The molecule has 0 unspecified atom stereocenters. The molecule has 2 rings (SSSR count). The van der Waals surface area contributed by atoms with Crippen LogP contribution in [0.3, 0.4) is 0 Å². The van der Waals surface area contributed by atoms with Crippen molar-refractivity contribution < 1.29 is 14.2 Å². The fourth-order valence-electron chi connectivity index (χ4n) is 2.56. The molecule has 0 atom stereocenters. The highest BCUT2D eigenvalue weighted by Gasteiger charge is 2.14. The van der Waals surface area contributed by atoms with Crippen LogP contribution in [0.25, 0.3) is 0 Å². The van der Waals surface area contributed by atoms with E-state index in [1.807, 2.05) is 19.9 Å². The second kappa shape index (κ2) is 9.47. The summed E-state index contributed by atoms with van der Waals surface area (Å²) in [5, 5.41) is 3.50. The van der Waals surface area contributed by atoms with Gasteiger partial charge in [-0.2, -0.15) is 0 Å². The van der Waals surface area contributed by atoms with Crippen molar-refractivity contribution in [2.45, 2.75) is 26.5 Å². The number of hydrogen-bond acceptors (Lipinski definition) is 5. The minimum Gasteiger partial charge on any atom is -0.493 e. The van der Waals surface area contributed by atoms with E-state index in [2.05, 4.69) is 32.2 Å². The third-order valence-corrected chi connectivity index (χ3v) is 4.15. The van der Waals surface area contributed by atoms with Crippen LogP contribution in [0.1, 0.15) is 19.4 Å². The van der Waals surface area contributed by atoms with E-state index in [4.69, 9.17) is 14.2 Å². The van der Waals surface area contributed by atoms with Crippen molar-refractivity contribution in [3.63, 3.8) is 0 Å². The predicted molar refractivity (Wildman–Crippen MR) is 95.4 cm³/mol. The van der Waals surface area contributed by atoms with Crippen molar-refractivity contribution in [2.24, 2.45) is 0 Å². The van der Waals surface area contributed by atoms with Gasteiger partial charge in [0.05, 0.1) is 26.4 Å². The van der Waals surface area contributed by atoms with Crippen LogP contribution in [0.5, 0.6) is 11.5 Å². The third-order valence-electron chi connectivity index (χ3n) is 3.69. The molecule has 1 aliphatic heterocycles. The van der Waals surface area contributed by atoms with Crippen LogP contribution < -0.4 is 14.8 Å². The van der Waals surface area contributed by atoms with Gasteiger partial charge in [0.1, 0.15) is 0 Å². The van der Waals surface area contributed by atoms with Gasteiger partial charge in [0, 0.05) is 42.8 Å². The fourth-order valence-corrected chi connectivity index (χ4v) is 3.04. The van der Waals surface area contributed by atoms with E-state index >= 15 is 0 Å². The summed E-state index contributed by atoms with van der Waals surface area (Å²) in [4.78, 5) is 2.42. The first kappa shape index (κ1) is 18.5. The van der Waals surface area contributed by atoms with Gasteiger partial charge in [-0.15, -0.1) is 0 Å². The number of benzene rings is 1. The zero-order valence-corrected chi connectivity index (χ0v) is 15.8. The molecule has 0 bridgehead atoms. The number of rotatable bonds is 8. The van der Waals surface area contributed by atoms with Crippen LogP contribution in [0.15, 0.2) is 16.6 Å². The van der Waals surface area contributed by atoms with E-state index in [9.17, 15) is 0 Å². The van der Waals surface area contributed by atoms with Gasteiger partial charge in [-0.25, -0.2) is 0 Å². The maximum absolute atomic E-state index is 5.96. The lowest BCUT2D eigenvalue weighted by molar-refractivity contribution is 0.0384. The molecule has 130 valence electrons. The van der Waals surface area contributed by atoms with Gasteiger partial charge in [0.2, 0.25) is 0 Å². The lowest BCUT2D eigenvalue weighted by Crippen LogP contribution is -2.40. The summed E-state index contributed by atoms with van der Waals surface area (Å²) < 4.78 is 17.8. The fraction of sp³-hybridized carbons (Fsp3) is 0.647. The number of morpholine rings is 1. The number of ether oxygens (including phenoxy) is 3. The van der Waals surface area contributed by atoms with E-state index in [1.165, 1.54) is 0 Å². The number of methoxy groups -OCH3 is 1. The average molecular weight is 387 g/mol. The molecule has 23 heavy (non-hydrogen) atoms. The molecule has 0 aliphatic carbocycles. The molecule has 1 aliphatic rings. The van der Waals surface area contributed by atoms with E-state index in [0.29, 0.717) is 0 Å². The first-order valence-corrected chi connectivity index (χ1v) is 8.93. The monoisotopic (exact) mass is 386 g/mol. The van der Waals surface area contributed by atoms with Gasteiger partial charge >= 0.3 is 0 Å². The molecule has 1 N–H and O–H groups in total. The Hall–Kier alpha value is -0.820. The smallest absolute Gasteiger partial charge is 0.166 e. The maximum atomic E-state index is 5.96. The standard InChI is InChI=1S/C17H27BrN2O3/c1-13(2)23-17-14(10-15(18)11-16(17)21-3)12-19-4-5-20-6-8-22-9-7-20/h10-11,13,19H,4-9,12H2,1-3H3. The molecule has 0 radical (unpaired) electrons. The van der Waals surface area contributed by atoms with Crippen molar-refractivity contribution in [3.05, 3.63) is 22.2 Å². The summed E-state index contributed by atoms with van der Waals surface area (Å²) >= 11 is 3.54. The lowest BCUT2D eigenvalue weighted by atomic mass is 10.1. The molecular formula is C17H27BrN2O3. The second-order valence-corrected chi connectivity index (χ2v) is 6.81. The average Bonchev–Trinajstić information content (AvgIpc) is 2.54. The van der Waals surface area contributed by atoms with Gasteiger partial charge < -0.3 is 19.5 Å². The maximum Gasteiger partial charge on any atom is 0.166 e. The highest BCUT2D eigenvalue weighted by Crippen LogP contribution is 2.35. The molecule has 1 aromatic carbocycles. The SMILES string of the molecule is COc1cc(Br)cc(CNCCN2CCOCC2)c1OC(C)C. The number of nitrogens with zero attached hydrogens (tertiary/aromatic N) is 1. The Morgan fingerprint density at radius 3 is 2.70 bits per heavy atom. The summed E-state index contributed by atoms with van der Waals surface area (Å²) in [5.74, 6) is 1.59. The molecular weight excluding hydrogens is 360 g/mol. The van der Waals surface area contributed by atoms with E-state index < -0.39 is 0 Å². The van der Waals surface area contributed by atoms with Crippen LogP contribution in [0.4, 0.5) is 0 Å². The summed E-state index contributed by atoms with van der Waals surface area (Å²) in [6.07, 6.45) is 0.108. The van der Waals surface area contributed by atoms with Crippen molar-refractivity contribution in [3.8, 4) is 11.5 Å². The van der Waals surface area contributed by atoms with Crippen molar-refractivity contribution in [1.82, 2.24) is 10.2 Å². The van der Waals surface area contributed by atoms with Crippen molar-refractivity contribution in [2.75, 3.05) is 46.5 Å². The number of halogens is 1. The van der Waals surface area contributed by atoms with Crippen LogP contribution in [-0.2, 0) is 11.3 Å². The van der Waals surface area contributed by atoms with Gasteiger partial charge in [0.15, 0.2) is 11.5 Å². The molecule has 0 saturated carbocycles. The zero-order chi connectivity index (χ0) is 16.7. The Balaban J connectivity index is 1.93. The third kappa shape index (κ3) is 5.95. The van der Waals surface area contributed by atoms with Crippen LogP contribution in [-0.4, -0.2) is 57.5 Å². The van der Waals surface area contributed by atoms with Crippen LogP contribution in [0, 0.1) is 0 Å². The number of nitrogens with one attached hydrogen (secondary N) is 1. The first-order chi connectivity index (χ1) is 11.1. The molecule has 5 nitrogen and oxygen atoms in total. The van der Waals surface area contributed by atoms with Crippen molar-refractivity contribution in [1.29, 1.82) is 0 Å². The molecule has 6 heteroatoms. The van der Waals surface area contributed by atoms with Gasteiger partial charge in [0.25, 0.3) is 0 Å². The molecule has 1 aromatic rings. The summed E-state index contributed by atoms with van der Waals surface area (Å²) in [5.41, 5.74) is 1.10. The molecule has 0 amide bonds. The van der Waals surface area contributed by atoms with E-state index in [-0.39, 0.29) is 6.10 Å². The topological polar surface area (TPSA) is 43.0 Å². The number of hydrogen-bond donors (Lipinski definition) is 1. The molecule has 0 aromatic heterocycles. The lowest BCUT2D eigenvalue weighted by Gasteiger charge is -2.26. The normalized spacial score (nSPS) is 15.9. The molecule has 0 spiro atoms. The Labute approximate surface area is 147 Å². The quantitative estimate of drug-likeness (QED) is 0.695. The largest absolute Gasteiger partial charge is 0.493 e. The Kier molecular flexibility index (Phi) is 7.62. The van der Waals surface area contributed by atoms with E-state index in [0.717, 1.165) is 67.5 Å². The van der Waals surface area contributed by atoms with Crippen LogP contribution >= 0.6 is 15.9 Å². The summed E-state index contributed by atoms with van der Waals surface area (Å²) in [6.45, 7) is 10.5. The molecule has 1 heterocycles.